The minimum Gasteiger partial charge on any atom is -0.463 e. The molecule has 1 aliphatic rings. The van der Waals surface area contributed by atoms with Gasteiger partial charge in [-0.15, -0.1) is 13.2 Å². The first-order valence-electron chi connectivity index (χ1n) is 7.60. The van der Waals surface area contributed by atoms with Crippen LogP contribution < -0.4 is 10.5 Å². The van der Waals surface area contributed by atoms with Gasteiger partial charge in [-0.05, 0) is 26.0 Å². The maximum atomic E-state index is 12.8. The van der Waals surface area contributed by atoms with Crippen LogP contribution in [0.5, 0.6) is 5.75 Å². The molecule has 0 radical (unpaired) electrons. The molecule has 0 saturated heterocycles. The fraction of sp³-hybridized carbons (Fsp3) is 0.294. The SMILES string of the molecule is CCOC(=O)C1=C(C)OC(N)=C(C#N)C1c1c(Cl)cccc1OC(F)(F)F. The molecule has 1 atom stereocenters. The lowest BCUT2D eigenvalue weighted by molar-refractivity contribution is -0.274. The van der Waals surface area contributed by atoms with Crippen LogP contribution in [0, 0.1) is 11.3 Å². The monoisotopic (exact) mass is 402 g/mol. The van der Waals surface area contributed by atoms with Crippen molar-refractivity contribution < 1.29 is 32.2 Å². The van der Waals surface area contributed by atoms with Crippen molar-refractivity contribution in [3.63, 3.8) is 0 Å². The quantitative estimate of drug-likeness (QED) is 0.768. The van der Waals surface area contributed by atoms with Gasteiger partial charge < -0.3 is 19.9 Å². The third kappa shape index (κ3) is 4.28. The molecule has 0 bridgehead atoms. The normalized spacial score (nSPS) is 17.3. The first-order valence-corrected chi connectivity index (χ1v) is 7.98. The van der Waals surface area contributed by atoms with Crippen LogP contribution in [0.4, 0.5) is 13.2 Å². The van der Waals surface area contributed by atoms with Gasteiger partial charge in [0.05, 0.1) is 18.1 Å². The lowest BCUT2D eigenvalue weighted by Crippen LogP contribution is -2.27. The van der Waals surface area contributed by atoms with Crippen LogP contribution in [-0.4, -0.2) is 18.9 Å². The Morgan fingerprint density at radius 2 is 2.11 bits per heavy atom. The van der Waals surface area contributed by atoms with E-state index < -0.39 is 24.0 Å². The summed E-state index contributed by atoms with van der Waals surface area (Å²) in [5.74, 6) is -3.28. The Morgan fingerprint density at radius 1 is 1.44 bits per heavy atom. The molecule has 1 heterocycles. The summed E-state index contributed by atoms with van der Waals surface area (Å²) < 4.78 is 52.7. The van der Waals surface area contributed by atoms with Gasteiger partial charge in [0.15, 0.2) is 0 Å². The molecule has 0 amide bonds. The number of nitrogens with zero attached hydrogens (tertiary/aromatic N) is 1. The number of hydrogen-bond acceptors (Lipinski definition) is 6. The number of allylic oxidation sites excluding steroid dienone is 2. The van der Waals surface area contributed by atoms with Gasteiger partial charge in [0.25, 0.3) is 0 Å². The Hall–Kier alpha value is -2.86. The van der Waals surface area contributed by atoms with Gasteiger partial charge in [-0.1, -0.05) is 17.7 Å². The van der Waals surface area contributed by atoms with E-state index in [2.05, 4.69) is 4.74 Å². The summed E-state index contributed by atoms with van der Waals surface area (Å²) in [4.78, 5) is 12.4. The van der Waals surface area contributed by atoms with Crippen LogP contribution in [-0.2, 0) is 14.3 Å². The number of nitriles is 1. The molecule has 0 spiro atoms. The van der Waals surface area contributed by atoms with Crippen LogP contribution in [0.3, 0.4) is 0 Å². The van der Waals surface area contributed by atoms with Crippen LogP contribution in [0.2, 0.25) is 5.02 Å². The maximum Gasteiger partial charge on any atom is 0.573 e. The number of alkyl halides is 3. The highest BCUT2D eigenvalue weighted by atomic mass is 35.5. The molecule has 2 rings (SSSR count). The summed E-state index contributed by atoms with van der Waals surface area (Å²) in [7, 11) is 0. The number of ether oxygens (including phenoxy) is 3. The third-order valence-electron chi connectivity index (χ3n) is 3.63. The standard InChI is InChI=1S/C17H14ClF3N2O4/c1-3-25-16(24)12-8(2)26-15(23)9(7-22)13(12)14-10(18)5-4-6-11(14)27-17(19,20)21/h4-6,13H,3,23H2,1-2H3. The number of hydrogen-bond donors (Lipinski definition) is 1. The number of carbonyl (C=O) groups excluding carboxylic acids is 1. The topological polar surface area (TPSA) is 94.6 Å². The van der Waals surface area contributed by atoms with Crippen LogP contribution in [0.25, 0.3) is 0 Å². The Kier molecular flexibility index (Phi) is 5.91. The van der Waals surface area contributed by atoms with Crippen molar-refractivity contribution in [1.29, 1.82) is 5.26 Å². The Morgan fingerprint density at radius 3 is 2.67 bits per heavy atom. The second-order valence-electron chi connectivity index (χ2n) is 5.31. The lowest BCUT2D eigenvalue weighted by Gasteiger charge is -2.28. The predicted octanol–water partition coefficient (Wildman–Crippen LogP) is 3.88. The van der Waals surface area contributed by atoms with Gasteiger partial charge in [0, 0.05) is 10.6 Å². The smallest absolute Gasteiger partial charge is 0.463 e. The summed E-state index contributed by atoms with van der Waals surface area (Å²) in [6.07, 6.45) is -5.02. The largest absolute Gasteiger partial charge is 0.573 e. The zero-order valence-electron chi connectivity index (χ0n) is 14.2. The Labute approximate surface area is 157 Å². The summed E-state index contributed by atoms with van der Waals surface area (Å²) in [6, 6.07) is 5.33. The summed E-state index contributed by atoms with van der Waals surface area (Å²) in [5, 5.41) is 9.32. The molecule has 10 heteroatoms. The fourth-order valence-electron chi connectivity index (χ4n) is 2.65. The summed E-state index contributed by atoms with van der Waals surface area (Å²) in [5.41, 5.74) is 4.99. The average Bonchev–Trinajstić information content (AvgIpc) is 2.53. The van der Waals surface area contributed by atoms with E-state index in [9.17, 15) is 23.2 Å². The van der Waals surface area contributed by atoms with Gasteiger partial charge in [-0.2, -0.15) is 5.26 Å². The molecule has 1 unspecified atom stereocenters. The van der Waals surface area contributed by atoms with E-state index in [1.54, 1.807) is 13.0 Å². The first kappa shape index (κ1) is 20.5. The van der Waals surface area contributed by atoms with Gasteiger partial charge in [-0.25, -0.2) is 4.79 Å². The van der Waals surface area contributed by atoms with Crippen molar-refractivity contribution in [3.05, 3.63) is 51.6 Å². The van der Waals surface area contributed by atoms with Gasteiger partial charge >= 0.3 is 12.3 Å². The molecule has 27 heavy (non-hydrogen) atoms. The van der Waals surface area contributed by atoms with Crippen LogP contribution >= 0.6 is 11.6 Å². The van der Waals surface area contributed by atoms with Crippen molar-refractivity contribution in [1.82, 2.24) is 0 Å². The molecule has 1 aromatic carbocycles. The highest BCUT2D eigenvalue weighted by molar-refractivity contribution is 6.31. The molecule has 0 saturated carbocycles. The van der Waals surface area contributed by atoms with Gasteiger partial charge in [0.2, 0.25) is 5.88 Å². The highest BCUT2D eigenvalue weighted by Gasteiger charge is 2.41. The van der Waals surface area contributed by atoms with E-state index in [1.807, 2.05) is 0 Å². The minimum atomic E-state index is -5.02. The molecule has 144 valence electrons. The molecule has 0 fully saturated rings. The lowest BCUT2D eigenvalue weighted by atomic mass is 9.82. The number of rotatable bonds is 4. The number of carbonyl (C=O) groups is 1. The van der Waals surface area contributed by atoms with Crippen LogP contribution in [0.15, 0.2) is 41.0 Å². The average molecular weight is 403 g/mol. The number of halogens is 4. The minimum absolute atomic E-state index is 0.00214. The van der Waals surface area contributed by atoms with Gasteiger partial charge in [-0.3, -0.25) is 0 Å². The third-order valence-corrected chi connectivity index (χ3v) is 3.96. The Bertz CT molecular complexity index is 872. The molecule has 2 N–H and O–H groups in total. The van der Waals surface area contributed by atoms with E-state index in [4.69, 9.17) is 26.8 Å². The molecule has 0 aromatic heterocycles. The van der Waals surface area contributed by atoms with Crippen molar-refractivity contribution in [2.24, 2.45) is 5.73 Å². The predicted molar refractivity (Wildman–Crippen MR) is 88.1 cm³/mol. The zero-order valence-corrected chi connectivity index (χ0v) is 14.9. The molecular formula is C17H14ClF3N2O4. The van der Waals surface area contributed by atoms with E-state index in [1.165, 1.54) is 19.1 Å². The Balaban J connectivity index is 2.76. The first-order chi connectivity index (χ1) is 12.6. The summed E-state index contributed by atoms with van der Waals surface area (Å²) >= 11 is 6.12. The zero-order chi connectivity index (χ0) is 20.4. The number of esters is 1. The van der Waals surface area contributed by atoms with Crippen molar-refractivity contribution in [2.75, 3.05) is 6.61 Å². The summed E-state index contributed by atoms with van der Waals surface area (Å²) in [6.45, 7) is 2.93. The number of benzene rings is 1. The molecular weight excluding hydrogens is 389 g/mol. The fourth-order valence-corrected chi connectivity index (χ4v) is 2.93. The van der Waals surface area contributed by atoms with Crippen molar-refractivity contribution in [3.8, 4) is 11.8 Å². The maximum absolute atomic E-state index is 12.8. The second-order valence-corrected chi connectivity index (χ2v) is 5.72. The molecule has 0 aliphatic carbocycles. The van der Waals surface area contributed by atoms with Crippen molar-refractivity contribution in [2.45, 2.75) is 26.1 Å². The second kappa shape index (κ2) is 7.80. The van der Waals surface area contributed by atoms with E-state index in [-0.39, 0.29) is 40.0 Å². The van der Waals surface area contributed by atoms with Gasteiger partial charge in [0.1, 0.15) is 23.2 Å². The molecule has 6 nitrogen and oxygen atoms in total. The highest BCUT2D eigenvalue weighted by Crippen LogP contribution is 2.46. The van der Waals surface area contributed by atoms with E-state index in [0.29, 0.717) is 0 Å². The van der Waals surface area contributed by atoms with Crippen molar-refractivity contribution >= 4 is 17.6 Å². The van der Waals surface area contributed by atoms with E-state index in [0.717, 1.165) is 6.07 Å². The van der Waals surface area contributed by atoms with Crippen LogP contribution in [0.1, 0.15) is 25.3 Å². The van der Waals surface area contributed by atoms with E-state index >= 15 is 0 Å². The molecule has 1 aliphatic heterocycles. The molecule has 1 aromatic rings. The number of nitrogens with two attached hydrogens (primary N) is 1.